The number of hydrogen-bond donors (Lipinski definition) is 1. The van der Waals surface area contributed by atoms with Crippen LogP contribution in [0, 0.1) is 0 Å². The Hall–Kier alpha value is -0.850. The van der Waals surface area contributed by atoms with Gasteiger partial charge in [-0.2, -0.15) is 13.2 Å². The van der Waals surface area contributed by atoms with Crippen LogP contribution in [0.4, 0.5) is 18.9 Å². The molecule has 2 rings (SSSR count). The number of thioether (sulfide) groups is 1. The van der Waals surface area contributed by atoms with Crippen molar-refractivity contribution in [3.05, 3.63) is 45.6 Å². The Morgan fingerprint density at radius 1 is 1.11 bits per heavy atom. The Morgan fingerprint density at radius 2 is 1.79 bits per heavy atom. The van der Waals surface area contributed by atoms with E-state index in [0.29, 0.717) is 10.9 Å². The molecule has 102 valence electrons. The average molecular weight is 324 g/mol. The van der Waals surface area contributed by atoms with Crippen LogP contribution in [-0.2, 0) is 6.54 Å². The van der Waals surface area contributed by atoms with E-state index in [1.807, 2.05) is 12.1 Å². The lowest BCUT2D eigenvalue weighted by Crippen LogP contribution is -2.00. The van der Waals surface area contributed by atoms with Crippen LogP contribution in [0.25, 0.3) is 0 Å². The van der Waals surface area contributed by atoms with E-state index in [2.05, 4.69) is 5.32 Å². The standard InChI is InChI=1S/C12H9ClF3NS2/c13-11-6-5-10(18-11)7-17-8-1-3-9(4-2-8)19-12(14,15)16/h1-6,17H,7H2. The van der Waals surface area contributed by atoms with Gasteiger partial charge >= 0.3 is 5.51 Å². The summed E-state index contributed by atoms with van der Waals surface area (Å²) in [4.78, 5) is 1.25. The van der Waals surface area contributed by atoms with Gasteiger partial charge in [-0.15, -0.1) is 11.3 Å². The second-order valence-corrected chi connectivity index (χ2v) is 6.57. The van der Waals surface area contributed by atoms with Gasteiger partial charge in [0.15, 0.2) is 0 Å². The van der Waals surface area contributed by atoms with E-state index < -0.39 is 5.51 Å². The molecule has 0 saturated carbocycles. The number of halogens is 4. The maximum absolute atomic E-state index is 12.1. The fourth-order valence-corrected chi connectivity index (χ4v) is 2.98. The lowest BCUT2D eigenvalue weighted by molar-refractivity contribution is -0.0328. The van der Waals surface area contributed by atoms with Crippen LogP contribution in [0.5, 0.6) is 0 Å². The number of alkyl halides is 3. The number of nitrogens with one attached hydrogen (secondary N) is 1. The van der Waals surface area contributed by atoms with Gasteiger partial charge in [0.25, 0.3) is 0 Å². The first kappa shape index (κ1) is 14.6. The molecule has 0 aliphatic rings. The van der Waals surface area contributed by atoms with Crippen LogP contribution in [0.15, 0.2) is 41.3 Å². The number of thiophene rings is 1. The maximum Gasteiger partial charge on any atom is 0.446 e. The number of anilines is 1. The van der Waals surface area contributed by atoms with E-state index in [1.165, 1.54) is 23.5 Å². The summed E-state index contributed by atoms with van der Waals surface area (Å²) in [6.45, 7) is 0.600. The summed E-state index contributed by atoms with van der Waals surface area (Å²) in [5.74, 6) is 0. The van der Waals surface area contributed by atoms with E-state index in [4.69, 9.17) is 11.6 Å². The molecule has 1 aromatic heterocycles. The van der Waals surface area contributed by atoms with E-state index in [-0.39, 0.29) is 16.7 Å². The highest BCUT2D eigenvalue weighted by molar-refractivity contribution is 8.00. The van der Waals surface area contributed by atoms with Crippen molar-refractivity contribution in [3.63, 3.8) is 0 Å². The fraction of sp³-hybridized carbons (Fsp3) is 0.167. The van der Waals surface area contributed by atoms with Crippen LogP contribution in [-0.4, -0.2) is 5.51 Å². The summed E-state index contributed by atoms with van der Waals surface area (Å²) in [6, 6.07) is 9.87. The molecule has 0 amide bonds. The maximum atomic E-state index is 12.1. The molecule has 0 saturated heterocycles. The van der Waals surface area contributed by atoms with Crippen LogP contribution in [0.3, 0.4) is 0 Å². The second-order valence-electron chi connectivity index (χ2n) is 3.63. The molecule has 1 N–H and O–H groups in total. The molecule has 0 bridgehead atoms. The van der Waals surface area contributed by atoms with Gasteiger partial charge in [0.2, 0.25) is 0 Å². The van der Waals surface area contributed by atoms with Gasteiger partial charge < -0.3 is 5.32 Å². The quantitative estimate of drug-likeness (QED) is 0.732. The molecule has 0 radical (unpaired) electrons. The minimum atomic E-state index is -4.25. The highest BCUT2D eigenvalue weighted by atomic mass is 35.5. The first-order valence-electron chi connectivity index (χ1n) is 5.26. The van der Waals surface area contributed by atoms with Gasteiger partial charge in [-0.3, -0.25) is 0 Å². The van der Waals surface area contributed by atoms with Crippen molar-refractivity contribution in [2.45, 2.75) is 16.9 Å². The van der Waals surface area contributed by atoms with E-state index in [9.17, 15) is 13.2 Å². The highest BCUT2D eigenvalue weighted by Crippen LogP contribution is 2.37. The first-order valence-corrected chi connectivity index (χ1v) is 7.27. The van der Waals surface area contributed by atoms with Crippen molar-refractivity contribution in [1.82, 2.24) is 0 Å². The predicted octanol–water partition coefficient (Wildman–Crippen LogP) is 5.63. The minimum absolute atomic E-state index is 0.116. The minimum Gasteiger partial charge on any atom is -0.380 e. The molecule has 7 heteroatoms. The third kappa shape index (κ3) is 4.97. The summed E-state index contributed by atoms with van der Waals surface area (Å²) in [6.07, 6.45) is 0. The lowest BCUT2D eigenvalue weighted by atomic mass is 10.3. The van der Waals surface area contributed by atoms with Crippen molar-refractivity contribution in [2.24, 2.45) is 0 Å². The molecule has 0 atom stereocenters. The Morgan fingerprint density at radius 3 is 2.32 bits per heavy atom. The van der Waals surface area contributed by atoms with Crippen LogP contribution in [0.2, 0.25) is 4.34 Å². The van der Waals surface area contributed by atoms with Gasteiger partial charge in [0, 0.05) is 22.0 Å². The number of rotatable bonds is 4. The summed E-state index contributed by atoms with van der Waals surface area (Å²) < 4.78 is 37.2. The average Bonchev–Trinajstić information content (AvgIpc) is 2.72. The van der Waals surface area contributed by atoms with E-state index >= 15 is 0 Å². The molecule has 1 nitrogen and oxygen atoms in total. The molecule has 1 heterocycles. The van der Waals surface area contributed by atoms with Crippen molar-refractivity contribution in [2.75, 3.05) is 5.32 Å². The highest BCUT2D eigenvalue weighted by Gasteiger charge is 2.28. The molecule has 0 fully saturated rings. The zero-order valence-corrected chi connectivity index (χ0v) is 11.9. The Kier molecular flexibility index (Phi) is 4.65. The third-order valence-electron chi connectivity index (χ3n) is 2.18. The zero-order valence-electron chi connectivity index (χ0n) is 9.50. The number of benzene rings is 1. The zero-order chi connectivity index (χ0) is 13.9. The summed E-state index contributed by atoms with van der Waals surface area (Å²) in [7, 11) is 0. The summed E-state index contributed by atoms with van der Waals surface area (Å²) >= 11 is 7.16. The van der Waals surface area contributed by atoms with Crippen molar-refractivity contribution in [1.29, 1.82) is 0 Å². The lowest BCUT2D eigenvalue weighted by Gasteiger charge is -2.08. The molecule has 0 unspecified atom stereocenters. The van der Waals surface area contributed by atoms with E-state index in [0.717, 1.165) is 10.6 Å². The van der Waals surface area contributed by atoms with Crippen molar-refractivity contribution >= 4 is 40.4 Å². The normalized spacial score (nSPS) is 11.6. The SMILES string of the molecule is FC(F)(F)Sc1ccc(NCc2ccc(Cl)s2)cc1. The molecular weight excluding hydrogens is 315 g/mol. The van der Waals surface area contributed by atoms with Crippen LogP contribution >= 0.6 is 34.7 Å². The fourth-order valence-electron chi connectivity index (χ4n) is 1.41. The molecule has 2 aromatic rings. The molecule has 0 spiro atoms. The van der Waals surface area contributed by atoms with Gasteiger partial charge in [0.1, 0.15) is 0 Å². The predicted molar refractivity (Wildman–Crippen MR) is 75.0 cm³/mol. The third-order valence-corrected chi connectivity index (χ3v) is 4.15. The Labute approximate surface area is 121 Å². The van der Waals surface area contributed by atoms with Crippen LogP contribution < -0.4 is 5.32 Å². The molecular formula is C12H9ClF3NS2. The summed E-state index contributed by atoms with van der Waals surface area (Å²) in [5.41, 5.74) is -3.47. The van der Waals surface area contributed by atoms with Gasteiger partial charge in [0.05, 0.1) is 4.34 Å². The molecule has 0 aliphatic heterocycles. The van der Waals surface area contributed by atoms with Crippen molar-refractivity contribution in [3.8, 4) is 0 Å². The topological polar surface area (TPSA) is 12.0 Å². The largest absolute Gasteiger partial charge is 0.446 e. The van der Waals surface area contributed by atoms with Gasteiger partial charge in [-0.25, -0.2) is 0 Å². The van der Waals surface area contributed by atoms with Crippen molar-refractivity contribution < 1.29 is 13.2 Å². The van der Waals surface area contributed by atoms with Gasteiger partial charge in [-0.1, -0.05) is 11.6 Å². The molecule has 1 aromatic carbocycles. The second kappa shape index (κ2) is 6.07. The van der Waals surface area contributed by atoms with E-state index in [1.54, 1.807) is 12.1 Å². The van der Waals surface area contributed by atoms with Crippen LogP contribution in [0.1, 0.15) is 4.88 Å². The van der Waals surface area contributed by atoms with Gasteiger partial charge in [-0.05, 0) is 48.2 Å². The summed E-state index contributed by atoms with van der Waals surface area (Å²) in [5, 5.41) is 3.13. The Bertz CT molecular complexity index is 537. The first-order chi connectivity index (χ1) is 8.92. The Balaban J connectivity index is 1.91. The molecule has 19 heavy (non-hydrogen) atoms. The monoisotopic (exact) mass is 323 g/mol. The smallest absolute Gasteiger partial charge is 0.380 e. The number of hydrogen-bond acceptors (Lipinski definition) is 3. The molecule has 0 aliphatic carbocycles.